The molecule has 1 amide bonds. The SMILES string of the molecule is CC(CSCCF)NC(=O)OC(C)(C)C. The van der Waals surface area contributed by atoms with E-state index in [0.29, 0.717) is 11.5 Å². The number of amides is 1. The number of alkyl carbamates (subject to hydrolysis) is 1. The van der Waals surface area contributed by atoms with Crippen molar-refractivity contribution in [3.05, 3.63) is 0 Å². The van der Waals surface area contributed by atoms with Gasteiger partial charge in [0.1, 0.15) is 5.60 Å². The van der Waals surface area contributed by atoms with Crippen LogP contribution >= 0.6 is 11.8 Å². The molecular weight excluding hydrogens is 217 g/mol. The summed E-state index contributed by atoms with van der Waals surface area (Å²) in [5, 5.41) is 2.69. The largest absolute Gasteiger partial charge is 0.444 e. The van der Waals surface area contributed by atoms with Crippen LogP contribution < -0.4 is 5.32 Å². The van der Waals surface area contributed by atoms with Crippen LogP contribution in [0.1, 0.15) is 27.7 Å². The Balaban J connectivity index is 3.67. The third kappa shape index (κ3) is 9.85. The van der Waals surface area contributed by atoms with E-state index in [4.69, 9.17) is 4.74 Å². The Bertz CT molecular complexity index is 194. The molecule has 0 spiro atoms. The van der Waals surface area contributed by atoms with Gasteiger partial charge in [0.25, 0.3) is 0 Å². The third-order valence-corrected chi connectivity index (χ3v) is 2.53. The highest BCUT2D eigenvalue weighted by Gasteiger charge is 2.17. The topological polar surface area (TPSA) is 38.3 Å². The van der Waals surface area contributed by atoms with Gasteiger partial charge in [-0.25, -0.2) is 4.79 Å². The van der Waals surface area contributed by atoms with Crippen LogP contribution in [0.25, 0.3) is 0 Å². The molecule has 0 aliphatic carbocycles. The highest BCUT2D eigenvalue weighted by atomic mass is 32.2. The molecule has 1 unspecified atom stereocenters. The Kier molecular flexibility index (Phi) is 6.72. The summed E-state index contributed by atoms with van der Waals surface area (Å²) in [6.45, 7) is 6.98. The van der Waals surface area contributed by atoms with Gasteiger partial charge in [-0.05, 0) is 27.7 Å². The predicted molar refractivity (Wildman–Crippen MR) is 62.1 cm³/mol. The molecule has 0 rings (SSSR count). The van der Waals surface area contributed by atoms with E-state index < -0.39 is 11.7 Å². The summed E-state index contributed by atoms with van der Waals surface area (Å²) >= 11 is 1.48. The lowest BCUT2D eigenvalue weighted by Crippen LogP contribution is -2.38. The standard InChI is InChI=1S/C10H20FNO2S/c1-8(7-15-6-5-11)12-9(13)14-10(2,3)4/h8H,5-7H2,1-4H3,(H,12,13). The number of carbonyl (C=O) groups excluding carboxylic acids is 1. The number of hydrogen-bond acceptors (Lipinski definition) is 3. The van der Waals surface area contributed by atoms with Crippen molar-refractivity contribution >= 4 is 17.9 Å². The number of rotatable bonds is 5. The summed E-state index contributed by atoms with van der Waals surface area (Å²) in [5.74, 6) is 1.17. The minimum atomic E-state index is -0.476. The van der Waals surface area contributed by atoms with Crippen molar-refractivity contribution in [2.24, 2.45) is 0 Å². The molecule has 0 aliphatic rings. The molecule has 3 nitrogen and oxygen atoms in total. The summed E-state index contributed by atoms with van der Waals surface area (Å²) < 4.78 is 16.9. The van der Waals surface area contributed by atoms with Gasteiger partial charge in [0.05, 0.1) is 6.67 Å². The van der Waals surface area contributed by atoms with Crippen molar-refractivity contribution in [1.29, 1.82) is 0 Å². The molecule has 0 saturated heterocycles. The maximum Gasteiger partial charge on any atom is 0.407 e. The fourth-order valence-corrected chi connectivity index (χ4v) is 1.58. The van der Waals surface area contributed by atoms with Crippen LogP contribution in [0.3, 0.4) is 0 Å². The Labute approximate surface area is 95.1 Å². The van der Waals surface area contributed by atoms with Crippen LogP contribution in [0.5, 0.6) is 0 Å². The molecule has 0 aromatic rings. The van der Waals surface area contributed by atoms with Crippen molar-refractivity contribution in [3.63, 3.8) is 0 Å². The van der Waals surface area contributed by atoms with E-state index in [0.717, 1.165) is 0 Å². The maximum absolute atomic E-state index is 11.8. The molecule has 90 valence electrons. The van der Waals surface area contributed by atoms with Gasteiger partial charge < -0.3 is 10.1 Å². The van der Waals surface area contributed by atoms with Crippen molar-refractivity contribution in [1.82, 2.24) is 5.32 Å². The second-order valence-corrected chi connectivity index (χ2v) is 5.46. The molecule has 15 heavy (non-hydrogen) atoms. The highest BCUT2D eigenvalue weighted by molar-refractivity contribution is 7.99. The van der Waals surface area contributed by atoms with Crippen LogP contribution in [0, 0.1) is 0 Å². The summed E-state index contributed by atoms with van der Waals surface area (Å²) in [6, 6.07) is -0.00333. The number of carbonyl (C=O) groups is 1. The number of hydrogen-bond donors (Lipinski definition) is 1. The van der Waals surface area contributed by atoms with E-state index in [9.17, 15) is 9.18 Å². The predicted octanol–water partition coefficient (Wildman–Crippen LogP) is 2.60. The highest BCUT2D eigenvalue weighted by Crippen LogP contribution is 2.08. The zero-order valence-electron chi connectivity index (χ0n) is 9.80. The van der Waals surface area contributed by atoms with Crippen LogP contribution in [0.2, 0.25) is 0 Å². The fraction of sp³-hybridized carbons (Fsp3) is 0.900. The molecule has 5 heteroatoms. The van der Waals surface area contributed by atoms with Gasteiger partial charge >= 0.3 is 6.09 Å². The second-order valence-electron chi connectivity index (χ2n) is 4.31. The van der Waals surface area contributed by atoms with E-state index in [1.807, 2.05) is 27.7 Å². The smallest absolute Gasteiger partial charge is 0.407 e. The average Bonchev–Trinajstić information content (AvgIpc) is 2.00. The molecule has 0 aromatic heterocycles. The Morgan fingerprint density at radius 3 is 2.60 bits per heavy atom. The molecule has 0 fully saturated rings. The first kappa shape index (κ1) is 14.6. The van der Waals surface area contributed by atoms with E-state index in [2.05, 4.69) is 5.32 Å². The summed E-state index contributed by atoms with van der Waals surface area (Å²) in [5.41, 5.74) is -0.476. The maximum atomic E-state index is 11.8. The van der Waals surface area contributed by atoms with Gasteiger partial charge in [0.15, 0.2) is 0 Å². The lowest BCUT2D eigenvalue weighted by atomic mass is 10.2. The van der Waals surface area contributed by atoms with Gasteiger partial charge in [-0.2, -0.15) is 11.8 Å². The Morgan fingerprint density at radius 2 is 2.13 bits per heavy atom. The van der Waals surface area contributed by atoms with Crippen molar-refractivity contribution in [3.8, 4) is 0 Å². The van der Waals surface area contributed by atoms with Gasteiger partial charge in [-0.15, -0.1) is 0 Å². The first-order valence-corrected chi connectivity index (χ1v) is 6.14. The number of nitrogens with one attached hydrogen (secondary N) is 1. The third-order valence-electron chi connectivity index (χ3n) is 1.35. The summed E-state index contributed by atoms with van der Waals surface area (Å²) in [7, 11) is 0. The molecule has 0 radical (unpaired) electrons. The van der Waals surface area contributed by atoms with Crippen molar-refractivity contribution < 1.29 is 13.9 Å². The Hall–Kier alpha value is -0.450. The Morgan fingerprint density at radius 1 is 1.53 bits per heavy atom. The normalized spacial score (nSPS) is 13.4. The van der Waals surface area contributed by atoms with E-state index >= 15 is 0 Å². The summed E-state index contributed by atoms with van der Waals surface area (Å²) in [6.07, 6.45) is -0.421. The van der Waals surface area contributed by atoms with E-state index in [-0.39, 0.29) is 12.7 Å². The number of halogens is 1. The number of thioether (sulfide) groups is 1. The first-order valence-electron chi connectivity index (χ1n) is 4.98. The fourth-order valence-electron chi connectivity index (χ4n) is 0.865. The van der Waals surface area contributed by atoms with Gasteiger partial charge in [-0.3, -0.25) is 4.39 Å². The van der Waals surface area contributed by atoms with Gasteiger partial charge in [0.2, 0.25) is 0 Å². The summed E-state index contributed by atoms with van der Waals surface area (Å²) in [4.78, 5) is 11.3. The number of ether oxygens (including phenoxy) is 1. The molecule has 0 aliphatic heterocycles. The monoisotopic (exact) mass is 237 g/mol. The minimum absolute atomic E-state index is 0.00333. The zero-order chi connectivity index (χ0) is 11.9. The van der Waals surface area contributed by atoms with Crippen LogP contribution in [-0.4, -0.2) is 35.9 Å². The lowest BCUT2D eigenvalue weighted by Gasteiger charge is -2.21. The molecule has 0 heterocycles. The van der Waals surface area contributed by atoms with Gasteiger partial charge in [0, 0.05) is 17.5 Å². The zero-order valence-corrected chi connectivity index (χ0v) is 10.6. The van der Waals surface area contributed by atoms with E-state index in [1.54, 1.807) is 0 Å². The van der Waals surface area contributed by atoms with E-state index in [1.165, 1.54) is 11.8 Å². The van der Waals surface area contributed by atoms with Crippen LogP contribution in [0.15, 0.2) is 0 Å². The lowest BCUT2D eigenvalue weighted by molar-refractivity contribution is 0.0513. The molecule has 1 N–H and O–H groups in total. The minimum Gasteiger partial charge on any atom is -0.444 e. The van der Waals surface area contributed by atoms with Gasteiger partial charge in [-0.1, -0.05) is 0 Å². The van der Waals surface area contributed by atoms with Crippen molar-refractivity contribution in [2.75, 3.05) is 18.2 Å². The van der Waals surface area contributed by atoms with Crippen LogP contribution in [0.4, 0.5) is 9.18 Å². The quantitative estimate of drug-likeness (QED) is 0.747. The molecule has 0 aromatic carbocycles. The molecule has 0 saturated carbocycles. The molecular formula is C10H20FNO2S. The first-order chi connectivity index (χ1) is 6.85. The van der Waals surface area contributed by atoms with Crippen LogP contribution in [-0.2, 0) is 4.74 Å². The van der Waals surface area contributed by atoms with Crippen molar-refractivity contribution in [2.45, 2.75) is 39.3 Å². The molecule has 1 atom stereocenters. The second kappa shape index (κ2) is 6.93. The molecule has 0 bridgehead atoms. The number of alkyl halides is 1. The average molecular weight is 237 g/mol.